The molecule has 0 radical (unpaired) electrons. The number of rotatable bonds is 1. The van der Waals surface area contributed by atoms with Gasteiger partial charge in [0.25, 0.3) is 0 Å². The Labute approximate surface area is 94.9 Å². The van der Waals surface area contributed by atoms with E-state index in [4.69, 9.17) is 0 Å². The summed E-state index contributed by atoms with van der Waals surface area (Å²) in [6, 6.07) is 0. The molecule has 0 saturated carbocycles. The number of hydrogen-bond donors (Lipinski definition) is 2. The fourth-order valence-electron chi connectivity index (χ4n) is 1.88. The van der Waals surface area contributed by atoms with Crippen molar-refractivity contribution in [2.75, 3.05) is 32.7 Å². The predicted octanol–water partition coefficient (Wildman–Crippen LogP) is -0.745. The van der Waals surface area contributed by atoms with E-state index in [2.05, 4.69) is 10.6 Å². The topological polar surface area (TPSA) is 61.4 Å². The van der Waals surface area contributed by atoms with Gasteiger partial charge in [-0.2, -0.15) is 0 Å². The molecule has 2 N–H and O–H groups in total. The summed E-state index contributed by atoms with van der Waals surface area (Å²) in [4.78, 5) is 25.1. The third kappa shape index (κ3) is 2.24. The second kappa shape index (κ2) is 4.65. The molecule has 2 aliphatic heterocycles. The van der Waals surface area contributed by atoms with Crippen molar-refractivity contribution >= 4 is 11.8 Å². The molecule has 16 heavy (non-hydrogen) atoms. The smallest absolute Gasteiger partial charge is 0.250 e. The van der Waals surface area contributed by atoms with Crippen LogP contribution in [-0.4, -0.2) is 49.4 Å². The Balaban J connectivity index is 2.05. The van der Waals surface area contributed by atoms with E-state index in [9.17, 15) is 9.59 Å². The second-order valence-electron chi connectivity index (χ2n) is 4.26. The number of carbonyl (C=O) groups is 2. The molecule has 5 heteroatoms. The Bertz CT molecular complexity index is 343. The van der Waals surface area contributed by atoms with Crippen LogP contribution in [0.15, 0.2) is 11.1 Å². The monoisotopic (exact) mass is 223 g/mol. The van der Waals surface area contributed by atoms with Gasteiger partial charge < -0.3 is 15.5 Å². The van der Waals surface area contributed by atoms with Gasteiger partial charge in [0.2, 0.25) is 11.8 Å². The molecule has 0 aromatic carbocycles. The van der Waals surface area contributed by atoms with Crippen LogP contribution in [-0.2, 0) is 9.59 Å². The third-order valence-corrected chi connectivity index (χ3v) is 3.08. The van der Waals surface area contributed by atoms with Gasteiger partial charge in [0, 0.05) is 31.8 Å². The molecule has 0 aliphatic carbocycles. The molecule has 0 unspecified atom stereocenters. The Morgan fingerprint density at radius 2 is 2.12 bits per heavy atom. The fraction of sp³-hybridized carbons (Fsp3) is 0.636. The van der Waals surface area contributed by atoms with Gasteiger partial charge in [0.05, 0.1) is 6.54 Å². The van der Waals surface area contributed by atoms with Crippen LogP contribution in [0.1, 0.15) is 13.3 Å². The summed E-state index contributed by atoms with van der Waals surface area (Å²) < 4.78 is 0. The molecule has 2 heterocycles. The van der Waals surface area contributed by atoms with Crippen molar-refractivity contribution in [1.82, 2.24) is 15.5 Å². The zero-order valence-corrected chi connectivity index (χ0v) is 9.51. The van der Waals surface area contributed by atoms with Crippen LogP contribution < -0.4 is 10.6 Å². The normalized spacial score (nSPS) is 20.9. The molecule has 88 valence electrons. The van der Waals surface area contributed by atoms with E-state index >= 15 is 0 Å². The minimum atomic E-state index is -0.0598. The van der Waals surface area contributed by atoms with Gasteiger partial charge in [-0.1, -0.05) is 0 Å². The second-order valence-corrected chi connectivity index (χ2v) is 4.26. The number of carbonyl (C=O) groups excluding carboxylic acids is 2. The van der Waals surface area contributed by atoms with Gasteiger partial charge in [0.15, 0.2) is 0 Å². The van der Waals surface area contributed by atoms with Crippen LogP contribution >= 0.6 is 0 Å². The lowest BCUT2D eigenvalue weighted by atomic mass is 10.0. The van der Waals surface area contributed by atoms with E-state index in [1.54, 1.807) is 4.90 Å². The minimum Gasteiger partial charge on any atom is -0.354 e. The van der Waals surface area contributed by atoms with Crippen LogP contribution in [0.25, 0.3) is 0 Å². The lowest BCUT2D eigenvalue weighted by molar-refractivity contribution is -0.132. The first-order valence-electron chi connectivity index (χ1n) is 5.64. The Morgan fingerprint density at radius 1 is 1.38 bits per heavy atom. The highest BCUT2D eigenvalue weighted by atomic mass is 16.2. The molecular weight excluding hydrogens is 206 g/mol. The quantitative estimate of drug-likeness (QED) is 0.575. The fourth-order valence-corrected chi connectivity index (χ4v) is 1.88. The van der Waals surface area contributed by atoms with Crippen LogP contribution in [0.2, 0.25) is 0 Å². The summed E-state index contributed by atoms with van der Waals surface area (Å²) in [5, 5.41) is 5.88. The lowest BCUT2D eigenvalue weighted by Crippen LogP contribution is -2.41. The third-order valence-electron chi connectivity index (χ3n) is 3.08. The maximum atomic E-state index is 12.1. The van der Waals surface area contributed by atoms with Gasteiger partial charge >= 0.3 is 0 Å². The highest BCUT2D eigenvalue weighted by Crippen LogP contribution is 2.12. The summed E-state index contributed by atoms with van der Waals surface area (Å²) in [6.45, 7) is 4.98. The molecule has 2 aliphatic rings. The van der Waals surface area contributed by atoms with Crippen LogP contribution in [0.3, 0.4) is 0 Å². The Hall–Kier alpha value is -1.36. The average Bonchev–Trinajstić information content (AvgIpc) is 2.39. The van der Waals surface area contributed by atoms with Crippen LogP contribution in [0.5, 0.6) is 0 Å². The highest BCUT2D eigenvalue weighted by Gasteiger charge is 2.23. The average molecular weight is 223 g/mol. The summed E-state index contributed by atoms with van der Waals surface area (Å²) >= 11 is 0. The first-order chi connectivity index (χ1) is 7.68. The van der Waals surface area contributed by atoms with Gasteiger partial charge in [-0.3, -0.25) is 9.59 Å². The molecule has 2 rings (SSSR count). The molecule has 0 spiro atoms. The molecule has 5 nitrogen and oxygen atoms in total. The van der Waals surface area contributed by atoms with Gasteiger partial charge in [-0.05, 0) is 18.9 Å². The molecule has 0 aromatic heterocycles. The van der Waals surface area contributed by atoms with Gasteiger partial charge in [0.1, 0.15) is 0 Å². The van der Waals surface area contributed by atoms with Crippen molar-refractivity contribution in [3.8, 4) is 0 Å². The number of nitrogens with zero attached hydrogens (tertiary/aromatic N) is 1. The van der Waals surface area contributed by atoms with Crippen molar-refractivity contribution in [3.63, 3.8) is 0 Å². The summed E-state index contributed by atoms with van der Waals surface area (Å²) in [5.74, 6) is -0.0519. The molecule has 0 bridgehead atoms. The lowest BCUT2D eigenvalue weighted by Gasteiger charge is -2.25. The Morgan fingerprint density at radius 3 is 2.75 bits per heavy atom. The first kappa shape index (κ1) is 11.1. The van der Waals surface area contributed by atoms with Crippen LogP contribution in [0, 0.1) is 0 Å². The standard InChI is InChI=1S/C11H17N3O2/c1-8(9-5-12-6-9)11(16)14-4-2-3-13-10(15)7-14/h12H,2-7H2,1H3,(H,13,15). The van der Waals surface area contributed by atoms with Crippen LogP contribution in [0.4, 0.5) is 0 Å². The van der Waals surface area contributed by atoms with Crippen molar-refractivity contribution in [2.24, 2.45) is 0 Å². The van der Waals surface area contributed by atoms with E-state index in [1.807, 2.05) is 6.92 Å². The summed E-state index contributed by atoms with van der Waals surface area (Å²) in [5.41, 5.74) is 1.96. The molecule has 0 aromatic rings. The molecule has 0 atom stereocenters. The first-order valence-corrected chi connectivity index (χ1v) is 5.64. The highest BCUT2D eigenvalue weighted by molar-refractivity contribution is 5.96. The van der Waals surface area contributed by atoms with Gasteiger partial charge in [-0.25, -0.2) is 0 Å². The largest absolute Gasteiger partial charge is 0.354 e. The van der Waals surface area contributed by atoms with Crippen molar-refractivity contribution in [2.45, 2.75) is 13.3 Å². The summed E-state index contributed by atoms with van der Waals surface area (Å²) in [6.07, 6.45) is 0.832. The van der Waals surface area contributed by atoms with E-state index in [-0.39, 0.29) is 18.4 Å². The molecule has 2 saturated heterocycles. The molecule has 2 amide bonds. The SMILES string of the molecule is CC(C(=O)N1CCCNC(=O)C1)=C1CNC1. The molecule has 2 fully saturated rings. The number of amides is 2. The van der Waals surface area contributed by atoms with E-state index < -0.39 is 0 Å². The minimum absolute atomic E-state index is 0.00792. The Kier molecular flexibility index (Phi) is 3.24. The predicted molar refractivity (Wildman–Crippen MR) is 59.8 cm³/mol. The van der Waals surface area contributed by atoms with Crippen molar-refractivity contribution in [3.05, 3.63) is 11.1 Å². The van der Waals surface area contributed by atoms with E-state index in [1.165, 1.54) is 0 Å². The van der Waals surface area contributed by atoms with E-state index in [0.29, 0.717) is 13.1 Å². The zero-order chi connectivity index (χ0) is 11.5. The van der Waals surface area contributed by atoms with Crippen molar-refractivity contribution in [1.29, 1.82) is 0 Å². The number of nitrogens with one attached hydrogen (secondary N) is 2. The zero-order valence-electron chi connectivity index (χ0n) is 9.51. The van der Waals surface area contributed by atoms with Crippen molar-refractivity contribution < 1.29 is 9.59 Å². The summed E-state index contributed by atoms with van der Waals surface area (Å²) in [7, 11) is 0. The number of hydrogen-bond acceptors (Lipinski definition) is 3. The maximum Gasteiger partial charge on any atom is 0.250 e. The van der Waals surface area contributed by atoms with Gasteiger partial charge in [-0.15, -0.1) is 0 Å². The maximum absolute atomic E-state index is 12.1. The van der Waals surface area contributed by atoms with E-state index in [0.717, 1.165) is 30.7 Å². The molecular formula is C11H17N3O2.